The zero-order valence-corrected chi connectivity index (χ0v) is 13.2. The highest BCUT2D eigenvalue weighted by Gasteiger charge is 2.17. The lowest BCUT2D eigenvalue weighted by atomic mass is 10.2. The van der Waals surface area contributed by atoms with Crippen molar-refractivity contribution in [2.45, 2.75) is 0 Å². The van der Waals surface area contributed by atoms with Crippen LogP contribution in [0.4, 0.5) is 5.69 Å². The molecule has 0 bridgehead atoms. The summed E-state index contributed by atoms with van der Waals surface area (Å²) in [4.78, 5) is 12.2. The Hall–Kier alpha value is -1.72. The highest BCUT2D eigenvalue weighted by atomic mass is 79.9. The highest BCUT2D eigenvalue weighted by molar-refractivity contribution is 9.10. The SMILES string of the molecule is O=C(Nc1cc(Cl)c2c(c1)OCCO2)c1cccc(Br)c1. The van der Waals surface area contributed by atoms with Crippen LogP contribution in [0.2, 0.25) is 5.02 Å². The number of hydrogen-bond donors (Lipinski definition) is 1. The van der Waals surface area contributed by atoms with Gasteiger partial charge < -0.3 is 14.8 Å². The minimum absolute atomic E-state index is 0.218. The molecule has 0 atom stereocenters. The molecular formula is C15H11BrClNO3. The van der Waals surface area contributed by atoms with Crippen LogP contribution in [-0.2, 0) is 0 Å². The first-order valence-electron chi connectivity index (χ1n) is 6.29. The van der Waals surface area contributed by atoms with Crippen molar-refractivity contribution in [3.63, 3.8) is 0 Å². The van der Waals surface area contributed by atoms with Crippen LogP contribution in [-0.4, -0.2) is 19.1 Å². The van der Waals surface area contributed by atoms with E-state index in [1.165, 1.54) is 0 Å². The largest absolute Gasteiger partial charge is 0.486 e. The van der Waals surface area contributed by atoms with Crippen molar-refractivity contribution >= 4 is 39.1 Å². The van der Waals surface area contributed by atoms with Gasteiger partial charge in [-0.25, -0.2) is 0 Å². The van der Waals surface area contributed by atoms with Gasteiger partial charge >= 0.3 is 0 Å². The molecule has 21 heavy (non-hydrogen) atoms. The molecule has 2 aromatic rings. The van der Waals surface area contributed by atoms with Crippen molar-refractivity contribution in [1.82, 2.24) is 0 Å². The number of halogens is 2. The molecule has 0 fully saturated rings. The van der Waals surface area contributed by atoms with Gasteiger partial charge in [0.2, 0.25) is 0 Å². The molecule has 1 amide bonds. The van der Waals surface area contributed by atoms with Crippen LogP contribution < -0.4 is 14.8 Å². The molecule has 0 unspecified atom stereocenters. The second-order valence-electron chi connectivity index (χ2n) is 4.45. The van der Waals surface area contributed by atoms with Crippen LogP contribution in [0.15, 0.2) is 40.9 Å². The molecule has 4 nitrogen and oxygen atoms in total. The Bertz CT molecular complexity index is 705. The molecule has 108 valence electrons. The topological polar surface area (TPSA) is 47.6 Å². The Morgan fingerprint density at radius 1 is 1.19 bits per heavy atom. The molecule has 1 aliphatic rings. The molecule has 1 heterocycles. The maximum absolute atomic E-state index is 12.2. The third kappa shape index (κ3) is 3.14. The summed E-state index contributed by atoms with van der Waals surface area (Å²) in [5, 5.41) is 3.21. The van der Waals surface area contributed by atoms with Gasteiger partial charge in [-0.05, 0) is 24.3 Å². The molecule has 6 heteroatoms. The van der Waals surface area contributed by atoms with Gasteiger partial charge in [0, 0.05) is 21.8 Å². The van der Waals surface area contributed by atoms with E-state index in [-0.39, 0.29) is 5.91 Å². The van der Waals surface area contributed by atoms with Crippen molar-refractivity contribution in [2.24, 2.45) is 0 Å². The van der Waals surface area contributed by atoms with Crippen LogP contribution in [0.1, 0.15) is 10.4 Å². The first kappa shape index (κ1) is 14.2. The van der Waals surface area contributed by atoms with E-state index in [4.69, 9.17) is 21.1 Å². The zero-order valence-electron chi connectivity index (χ0n) is 10.9. The monoisotopic (exact) mass is 367 g/mol. The van der Waals surface area contributed by atoms with Gasteiger partial charge in [-0.3, -0.25) is 4.79 Å². The zero-order chi connectivity index (χ0) is 14.8. The van der Waals surface area contributed by atoms with Gasteiger partial charge in [0.15, 0.2) is 11.5 Å². The molecule has 3 rings (SSSR count). The number of anilines is 1. The number of rotatable bonds is 2. The predicted molar refractivity (Wildman–Crippen MR) is 84.5 cm³/mol. The molecule has 0 aliphatic carbocycles. The maximum Gasteiger partial charge on any atom is 0.255 e. The molecule has 0 saturated carbocycles. The summed E-state index contributed by atoms with van der Waals surface area (Å²) in [6.45, 7) is 0.933. The Balaban J connectivity index is 1.85. The maximum atomic E-state index is 12.2. The molecule has 0 radical (unpaired) electrons. The first-order chi connectivity index (χ1) is 10.1. The van der Waals surface area contributed by atoms with Gasteiger partial charge in [-0.2, -0.15) is 0 Å². The third-order valence-electron chi connectivity index (χ3n) is 2.94. The molecule has 1 aliphatic heterocycles. The minimum Gasteiger partial charge on any atom is -0.486 e. The molecule has 1 N–H and O–H groups in total. The van der Waals surface area contributed by atoms with Crippen LogP contribution in [0.3, 0.4) is 0 Å². The molecule has 0 spiro atoms. The van der Waals surface area contributed by atoms with Crippen LogP contribution in [0, 0.1) is 0 Å². The van der Waals surface area contributed by atoms with Gasteiger partial charge in [-0.15, -0.1) is 0 Å². The molecule has 2 aromatic carbocycles. The van der Waals surface area contributed by atoms with Crippen LogP contribution >= 0.6 is 27.5 Å². The van der Waals surface area contributed by atoms with Crippen molar-refractivity contribution in [2.75, 3.05) is 18.5 Å². The van der Waals surface area contributed by atoms with Crippen LogP contribution in [0.25, 0.3) is 0 Å². The van der Waals surface area contributed by atoms with E-state index in [1.54, 1.807) is 30.3 Å². The summed E-state index contributed by atoms with van der Waals surface area (Å²) in [5.74, 6) is 0.839. The molecular weight excluding hydrogens is 358 g/mol. The van der Waals surface area contributed by atoms with E-state index < -0.39 is 0 Å². The summed E-state index contributed by atoms with van der Waals surface area (Å²) in [7, 11) is 0. The lowest BCUT2D eigenvalue weighted by Crippen LogP contribution is -2.17. The van der Waals surface area contributed by atoms with Gasteiger partial charge in [0.05, 0.1) is 5.02 Å². The summed E-state index contributed by atoms with van der Waals surface area (Å²) < 4.78 is 11.8. The quantitative estimate of drug-likeness (QED) is 0.867. The Morgan fingerprint density at radius 3 is 2.81 bits per heavy atom. The normalized spacial score (nSPS) is 12.9. The molecule has 0 saturated heterocycles. The minimum atomic E-state index is -0.218. The Morgan fingerprint density at radius 2 is 2.00 bits per heavy atom. The fraction of sp³-hybridized carbons (Fsp3) is 0.133. The van der Waals surface area contributed by atoms with Crippen molar-refractivity contribution in [3.8, 4) is 11.5 Å². The fourth-order valence-electron chi connectivity index (χ4n) is 2.02. The Labute approximate surface area is 135 Å². The number of carbonyl (C=O) groups is 1. The molecule has 0 aromatic heterocycles. The second-order valence-corrected chi connectivity index (χ2v) is 5.77. The van der Waals surface area contributed by atoms with Crippen molar-refractivity contribution < 1.29 is 14.3 Å². The average molecular weight is 369 g/mol. The number of benzene rings is 2. The lowest BCUT2D eigenvalue weighted by molar-refractivity contribution is 0.102. The van der Waals surface area contributed by atoms with Gasteiger partial charge in [-0.1, -0.05) is 33.6 Å². The number of ether oxygens (including phenoxy) is 2. The summed E-state index contributed by atoms with van der Waals surface area (Å²) in [5.41, 5.74) is 1.12. The highest BCUT2D eigenvalue weighted by Crippen LogP contribution is 2.40. The van der Waals surface area contributed by atoms with Gasteiger partial charge in [0.25, 0.3) is 5.91 Å². The Kier molecular flexibility index (Phi) is 4.03. The average Bonchev–Trinajstić information content (AvgIpc) is 2.47. The van der Waals surface area contributed by atoms with Crippen LogP contribution in [0.5, 0.6) is 11.5 Å². The van der Waals surface area contributed by atoms with E-state index in [0.717, 1.165) is 4.47 Å². The summed E-state index contributed by atoms with van der Waals surface area (Å²) in [6, 6.07) is 10.5. The summed E-state index contributed by atoms with van der Waals surface area (Å²) >= 11 is 9.48. The second kappa shape index (κ2) is 5.95. The first-order valence-corrected chi connectivity index (χ1v) is 7.46. The van der Waals surface area contributed by atoms with E-state index >= 15 is 0 Å². The van der Waals surface area contributed by atoms with Crippen molar-refractivity contribution in [3.05, 3.63) is 51.5 Å². The predicted octanol–water partition coefficient (Wildman–Crippen LogP) is 4.13. The van der Waals surface area contributed by atoms with Gasteiger partial charge in [0.1, 0.15) is 13.2 Å². The summed E-state index contributed by atoms with van der Waals surface area (Å²) in [6.07, 6.45) is 0. The third-order valence-corrected chi connectivity index (χ3v) is 3.72. The number of amides is 1. The fourth-order valence-corrected chi connectivity index (χ4v) is 2.68. The number of carbonyl (C=O) groups excluding carboxylic acids is 1. The van der Waals surface area contributed by atoms with E-state index in [9.17, 15) is 4.79 Å². The number of hydrogen-bond acceptors (Lipinski definition) is 3. The van der Waals surface area contributed by atoms with Crippen molar-refractivity contribution in [1.29, 1.82) is 0 Å². The number of nitrogens with one attached hydrogen (secondary N) is 1. The smallest absolute Gasteiger partial charge is 0.255 e. The lowest BCUT2D eigenvalue weighted by Gasteiger charge is -2.20. The van der Waals surface area contributed by atoms with E-state index in [1.807, 2.05) is 6.07 Å². The number of fused-ring (bicyclic) bond motifs is 1. The standard InChI is InChI=1S/C15H11BrClNO3/c16-10-3-1-2-9(6-10)15(19)18-11-7-12(17)14-13(8-11)20-4-5-21-14/h1-3,6-8H,4-5H2,(H,18,19). The van der Waals surface area contributed by atoms with E-state index in [0.29, 0.717) is 41.0 Å². The van der Waals surface area contributed by atoms with E-state index in [2.05, 4.69) is 21.2 Å².